The SMILES string of the molecule is c1ccc(-c2nc(-c3ccc4c(ccc5ccccc54)c3)nc(-c3cc(-c4cccc5c4sc4cc6ccccc6cc45)cc4oc5ccccc5c34)n2)cc1. The van der Waals surface area contributed by atoms with Gasteiger partial charge < -0.3 is 4.42 Å². The maximum atomic E-state index is 6.65. The number of rotatable bonds is 4. The predicted molar refractivity (Wildman–Crippen MR) is 234 cm³/mol. The van der Waals surface area contributed by atoms with Crippen molar-refractivity contribution in [3.05, 3.63) is 176 Å². The number of thiophene rings is 1. The molecule has 0 atom stereocenters. The summed E-state index contributed by atoms with van der Waals surface area (Å²) < 4.78 is 9.16. The van der Waals surface area contributed by atoms with Gasteiger partial charge in [-0.25, -0.2) is 15.0 Å². The van der Waals surface area contributed by atoms with Crippen molar-refractivity contribution in [2.45, 2.75) is 0 Å². The van der Waals surface area contributed by atoms with E-state index in [1.165, 1.54) is 47.1 Å². The Balaban J connectivity index is 1.12. The van der Waals surface area contributed by atoms with Crippen molar-refractivity contribution in [2.24, 2.45) is 0 Å². The van der Waals surface area contributed by atoms with E-state index < -0.39 is 0 Å². The van der Waals surface area contributed by atoms with Crippen LogP contribution in [-0.4, -0.2) is 15.0 Å². The second kappa shape index (κ2) is 12.2. The summed E-state index contributed by atoms with van der Waals surface area (Å²) in [6, 6.07) is 62.1. The van der Waals surface area contributed by atoms with Crippen molar-refractivity contribution in [3.8, 4) is 45.3 Å². The normalized spacial score (nSPS) is 11.9. The van der Waals surface area contributed by atoms with Crippen LogP contribution in [0.1, 0.15) is 0 Å². The van der Waals surface area contributed by atoms with Gasteiger partial charge in [-0.3, -0.25) is 0 Å². The lowest BCUT2D eigenvalue weighted by Gasteiger charge is -2.12. The molecule has 0 N–H and O–H groups in total. The minimum atomic E-state index is 0.598. The molecule has 0 fully saturated rings. The van der Waals surface area contributed by atoms with Crippen LogP contribution < -0.4 is 0 Å². The van der Waals surface area contributed by atoms with Crippen LogP contribution in [0.15, 0.2) is 180 Å². The first-order valence-electron chi connectivity index (χ1n) is 18.8. The van der Waals surface area contributed by atoms with E-state index in [0.717, 1.165) is 55.1 Å². The molecule has 0 aliphatic heterocycles. The van der Waals surface area contributed by atoms with Gasteiger partial charge >= 0.3 is 0 Å². The van der Waals surface area contributed by atoms with Gasteiger partial charge in [0.25, 0.3) is 0 Å². The van der Waals surface area contributed by atoms with E-state index in [0.29, 0.717) is 17.5 Å². The first-order valence-corrected chi connectivity index (χ1v) is 19.6. The topological polar surface area (TPSA) is 51.8 Å². The van der Waals surface area contributed by atoms with Crippen LogP contribution in [0, 0.1) is 0 Å². The number of hydrogen-bond acceptors (Lipinski definition) is 5. The molecule has 9 aromatic carbocycles. The van der Waals surface area contributed by atoms with E-state index in [4.69, 9.17) is 19.4 Å². The molecule has 0 saturated carbocycles. The minimum Gasteiger partial charge on any atom is -0.456 e. The van der Waals surface area contributed by atoms with Gasteiger partial charge in [-0.05, 0) is 79.8 Å². The van der Waals surface area contributed by atoms with E-state index >= 15 is 0 Å². The molecule has 5 heteroatoms. The van der Waals surface area contributed by atoms with Gasteiger partial charge in [0.05, 0.1) is 0 Å². The summed E-state index contributed by atoms with van der Waals surface area (Å²) in [6.45, 7) is 0. The summed E-state index contributed by atoms with van der Waals surface area (Å²) in [6.07, 6.45) is 0. The standard InChI is InChI=1S/C51H29N3OS/c1-2-12-31(13-3-1)49-52-50(35-23-24-38-34(25-35)22-21-30-11-6-7-16-37(30)38)54-51(53-49)43-27-36(28-45-47(43)41-17-8-9-20-44(41)55-45)39-18-10-19-40-42-26-32-14-4-5-15-33(32)29-46(42)56-48(39)40/h1-29H. The lowest BCUT2D eigenvalue weighted by atomic mass is 9.96. The highest BCUT2D eigenvalue weighted by Gasteiger charge is 2.21. The summed E-state index contributed by atoms with van der Waals surface area (Å²) in [4.78, 5) is 15.7. The van der Waals surface area contributed by atoms with Gasteiger partial charge in [0.15, 0.2) is 17.5 Å². The predicted octanol–water partition coefficient (Wildman–Crippen LogP) is 14.3. The maximum Gasteiger partial charge on any atom is 0.164 e. The summed E-state index contributed by atoms with van der Waals surface area (Å²) in [5.74, 6) is 1.84. The molecular formula is C51H29N3OS. The molecule has 12 rings (SSSR count). The Kier molecular flexibility index (Phi) is 6.76. The number of aromatic nitrogens is 3. The smallest absolute Gasteiger partial charge is 0.164 e. The third kappa shape index (κ3) is 4.88. The van der Waals surface area contributed by atoms with Crippen LogP contribution in [0.25, 0.3) is 120 Å². The molecule has 0 bridgehead atoms. The average Bonchev–Trinajstić information content (AvgIpc) is 3.83. The van der Waals surface area contributed by atoms with Crippen LogP contribution in [0.2, 0.25) is 0 Å². The molecule has 3 aromatic heterocycles. The van der Waals surface area contributed by atoms with Crippen LogP contribution in [-0.2, 0) is 0 Å². The zero-order valence-corrected chi connectivity index (χ0v) is 30.7. The average molecular weight is 732 g/mol. The van der Waals surface area contributed by atoms with E-state index in [2.05, 4.69) is 146 Å². The van der Waals surface area contributed by atoms with Crippen LogP contribution >= 0.6 is 11.3 Å². The molecule has 0 unspecified atom stereocenters. The molecule has 56 heavy (non-hydrogen) atoms. The number of benzene rings is 9. The largest absolute Gasteiger partial charge is 0.456 e. The van der Waals surface area contributed by atoms with Crippen molar-refractivity contribution in [1.29, 1.82) is 0 Å². The zero-order chi connectivity index (χ0) is 36.7. The quantitative estimate of drug-likeness (QED) is 0.169. The number of furan rings is 1. The Hall–Kier alpha value is -7.21. The summed E-state index contributed by atoms with van der Waals surface area (Å²) in [7, 11) is 0. The number of nitrogens with zero attached hydrogens (tertiary/aromatic N) is 3. The zero-order valence-electron chi connectivity index (χ0n) is 29.9. The highest BCUT2D eigenvalue weighted by molar-refractivity contribution is 7.26. The Morgan fingerprint density at radius 1 is 0.357 bits per heavy atom. The van der Waals surface area contributed by atoms with E-state index in [9.17, 15) is 0 Å². The summed E-state index contributed by atoms with van der Waals surface area (Å²) >= 11 is 1.84. The highest BCUT2D eigenvalue weighted by atomic mass is 32.1. The first-order chi connectivity index (χ1) is 27.7. The lowest BCUT2D eigenvalue weighted by Crippen LogP contribution is -2.00. The van der Waals surface area contributed by atoms with Crippen molar-refractivity contribution in [3.63, 3.8) is 0 Å². The molecule has 0 saturated heterocycles. The molecule has 260 valence electrons. The molecule has 12 aromatic rings. The Labute approximate surface area is 325 Å². The molecule has 4 nitrogen and oxygen atoms in total. The molecule has 0 spiro atoms. The number of hydrogen-bond donors (Lipinski definition) is 0. The van der Waals surface area contributed by atoms with Gasteiger partial charge in [-0.15, -0.1) is 11.3 Å². The first kappa shape index (κ1) is 31.2. The maximum absolute atomic E-state index is 6.65. The molecule has 0 radical (unpaired) electrons. The fourth-order valence-electron chi connectivity index (χ4n) is 8.39. The molecular weight excluding hydrogens is 703 g/mol. The van der Waals surface area contributed by atoms with Gasteiger partial charge in [0, 0.05) is 47.6 Å². The van der Waals surface area contributed by atoms with Gasteiger partial charge in [-0.1, -0.05) is 140 Å². The monoisotopic (exact) mass is 731 g/mol. The van der Waals surface area contributed by atoms with E-state index in [-0.39, 0.29) is 0 Å². The third-order valence-corrected chi connectivity index (χ3v) is 12.3. The van der Waals surface area contributed by atoms with Crippen molar-refractivity contribution >= 4 is 85.8 Å². The van der Waals surface area contributed by atoms with E-state index in [1.54, 1.807) is 0 Å². The Bertz CT molecular complexity index is 3550. The fourth-order valence-corrected chi connectivity index (χ4v) is 9.66. The van der Waals surface area contributed by atoms with Gasteiger partial charge in [-0.2, -0.15) is 0 Å². The molecule has 0 aliphatic rings. The van der Waals surface area contributed by atoms with Crippen molar-refractivity contribution in [1.82, 2.24) is 15.0 Å². The second-order valence-corrected chi connectivity index (χ2v) is 15.4. The Morgan fingerprint density at radius 2 is 1.04 bits per heavy atom. The lowest BCUT2D eigenvalue weighted by molar-refractivity contribution is 0.669. The third-order valence-electron chi connectivity index (χ3n) is 11.1. The minimum absolute atomic E-state index is 0.598. The number of fused-ring (bicyclic) bond motifs is 10. The fraction of sp³-hybridized carbons (Fsp3) is 0. The molecule has 0 amide bonds. The molecule has 3 heterocycles. The highest BCUT2D eigenvalue weighted by Crippen LogP contribution is 2.45. The molecule has 0 aliphatic carbocycles. The summed E-state index contributed by atoms with van der Waals surface area (Å²) in [5.41, 5.74) is 6.58. The van der Waals surface area contributed by atoms with Crippen LogP contribution in [0.4, 0.5) is 0 Å². The van der Waals surface area contributed by atoms with Crippen molar-refractivity contribution in [2.75, 3.05) is 0 Å². The van der Waals surface area contributed by atoms with Crippen LogP contribution in [0.5, 0.6) is 0 Å². The van der Waals surface area contributed by atoms with Crippen LogP contribution in [0.3, 0.4) is 0 Å². The van der Waals surface area contributed by atoms with Gasteiger partial charge in [0.2, 0.25) is 0 Å². The van der Waals surface area contributed by atoms with Crippen molar-refractivity contribution < 1.29 is 4.42 Å². The number of para-hydroxylation sites is 1. The van der Waals surface area contributed by atoms with E-state index in [1.807, 2.05) is 41.7 Å². The summed E-state index contributed by atoms with van der Waals surface area (Å²) in [5, 5.41) is 11.8. The van der Waals surface area contributed by atoms with Gasteiger partial charge in [0.1, 0.15) is 11.2 Å². The second-order valence-electron chi connectivity index (χ2n) is 14.4. The Morgan fingerprint density at radius 3 is 1.91 bits per heavy atom.